The highest BCUT2D eigenvalue weighted by Crippen LogP contribution is 2.32. The van der Waals surface area contributed by atoms with E-state index in [4.69, 9.17) is 0 Å². The lowest BCUT2D eigenvalue weighted by atomic mass is 10.1. The Bertz CT molecular complexity index is 548. The molecule has 0 aliphatic carbocycles. The van der Waals surface area contributed by atoms with Crippen LogP contribution < -0.4 is 10.6 Å². The topological polar surface area (TPSA) is 44.4 Å². The van der Waals surface area contributed by atoms with Crippen LogP contribution in [0.15, 0.2) is 18.2 Å². The number of halogens is 5. The monoisotopic (exact) mass is 369 g/mol. The molecular weight excluding hydrogens is 350 g/mol. The number of hydrogen-bond donors (Lipinski definition) is 2. The molecule has 1 aliphatic heterocycles. The van der Waals surface area contributed by atoms with Crippen molar-refractivity contribution >= 4 is 18.3 Å². The summed E-state index contributed by atoms with van der Waals surface area (Å²) in [5, 5.41) is 5.69. The molecule has 1 aliphatic rings. The number of carbonyl (C=O) groups is 1. The Hall–Kier alpha value is -1.38. The van der Waals surface area contributed by atoms with Crippen LogP contribution in [0.5, 0.6) is 0 Å². The Balaban J connectivity index is 0.00000288. The van der Waals surface area contributed by atoms with E-state index in [1.54, 1.807) is 0 Å². The molecular formula is C15H20ClF4N3O. The quantitative estimate of drug-likeness (QED) is 0.618. The van der Waals surface area contributed by atoms with E-state index >= 15 is 0 Å². The first-order valence-electron chi connectivity index (χ1n) is 7.46. The average molecular weight is 370 g/mol. The largest absolute Gasteiger partial charge is 0.419 e. The maximum Gasteiger partial charge on any atom is 0.419 e. The van der Waals surface area contributed by atoms with Gasteiger partial charge < -0.3 is 15.5 Å². The highest BCUT2D eigenvalue weighted by molar-refractivity contribution is 5.94. The van der Waals surface area contributed by atoms with Crippen molar-refractivity contribution in [2.75, 3.05) is 39.3 Å². The van der Waals surface area contributed by atoms with Crippen molar-refractivity contribution < 1.29 is 22.4 Å². The van der Waals surface area contributed by atoms with Gasteiger partial charge in [0.1, 0.15) is 5.82 Å². The number of alkyl halides is 3. The summed E-state index contributed by atoms with van der Waals surface area (Å²) in [6.07, 6.45) is -4.16. The van der Waals surface area contributed by atoms with Gasteiger partial charge in [0.15, 0.2) is 0 Å². The molecule has 24 heavy (non-hydrogen) atoms. The zero-order chi connectivity index (χ0) is 16.9. The minimum absolute atomic E-state index is 0. The van der Waals surface area contributed by atoms with E-state index < -0.39 is 29.0 Å². The summed E-state index contributed by atoms with van der Waals surface area (Å²) >= 11 is 0. The van der Waals surface area contributed by atoms with Gasteiger partial charge in [0.05, 0.1) is 11.1 Å². The molecule has 0 saturated carbocycles. The first-order valence-corrected chi connectivity index (χ1v) is 7.46. The van der Waals surface area contributed by atoms with E-state index in [1.807, 2.05) is 0 Å². The molecule has 1 fully saturated rings. The van der Waals surface area contributed by atoms with Crippen LogP contribution in [0.3, 0.4) is 0 Å². The Morgan fingerprint density at radius 2 is 1.92 bits per heavy atom. The molecule has 9 heteroatoms. The smallest absolute Gasteiger partial charge is 0.352 e. The lowest BCUT2D eigenvalue weighted by Gasteiger charge is -2.27. The highest BCUT2D eigenvalue weighted by Gasteiger charge is 2.35. The number of carbonyl (C=O) groups excluding carboxylic acids is 1. The van der Waals surface area contributed by atoms with E-state index in [9.17, 15) is 22.4 Å². The zero-order valence-corrected chi connectivity index (χ0v) is 13.8. The SMILES string of the molecule is Cl.O=C(NCCCN1CCNCC1)c1cccc(C(F)(F)F)c1F. The normalized spacial score (nSPS) is 15.7. The van der Waals surface area contributed by atoms with Gasteiger partial charge in [0.25, 0.3) is 5.91 Å². The molecule has 0 aromatic heterocycles. The summed E-state index contributed by atoms with van der Waals surface area (Å²) < 4.78 is 51.7. The lowest BCUT2D eigenvalue weighted by molar-refractivity contribution is -0.140. The van der Waals surface area contributed by atoms with E-state index in [2.05, 4.69) is 15.5 Å². The van der Waals surface area contributed by atoms with Gasteiger partial charge in [0, 0.05) is 32.7 Å². The summed E-state index contributed by atoms with van der Waals surface area (Å²) in [5.74, 6) is -2.35. The van der Waals surface area contributed by atoms with Crippen molar-refractivity contribution in [3.63, 3.8) is 0 Å². The van der Waals surface area contributed by atoms with Crippen molar-refractivity contribution in [3.8, 4) is 0 Å². The van der Waals surface area contributed by atoms with Gasteiger partial charge in [-0.15, -0.1) is 12.4 Å². The fourth-order valence-electron chi connectivity index (χ4n) is 2.46. The number of hydrogen-bond acceptors (Lipinski definition) is 3. The van der Waals surface area contributed by atoms with Gasteiger partial charge in [-0.3, -0.25) is 4.79 Å². The van der Waals surface area contributed by atoms with E-state index in [0.717, 1.165) is 44.9 Å². The first-order chi connectivity index (χ1) is 10.9. The van der Waals surface area contributed by atoms with Crippen molar-refractivity contribution in [2.24, 2.45) is 0 Å². The molecule has 1 amide bonds. The number of nitrogens with zero attached hydrogens (tertiary/aromatic N) is 1. The number of benzene rings is 1. The second kappa shape index (κ2) is 9.19. The van der Waals surface area contributed by atoms with Crippen LogP contribution in [-0.2, 0) is 6.18 Å². The molecule has 136 valence electrons. The molecule has 0 atom stereocenters. The Morgan fingerprint density at radius 3 is 2.54 bits per heavy atom. The summed E-state index contributed by atoms with van der Waals surface area (Å²) in [4.78, 5) is 14.1. The van der Waals surface area contributed by atoms with Crippen molar-refractivity contribution in [1.29, 1.82) is 0 Å². The number of rotatable bonds is 5. The minimum atomic E-state index is -4.82. The minimum Gasteiger partial charge on any atom is -0.352 e. The van der Waals surface area contributed by atoms with E-state index in [-0.39, 0.29) is 12.4 Å². The van der Waals surface area contributed by atoms with Crippen LogP contribution in [0.4, 0.5) is 17.6 Å². The third kappa shape index (κ3) is 5.61. The number of piperazine rings is 1. The second-order valence-corrected chi connectivity index (χ2v) is 5.37. The third-order valence-corrected chi connectivity index (χ3v) is 3.70. The molecule has 4 nitrogen and oxygen atoms in total. The molecule has 0 radical (unpaired) electrons. The van der Waals surface area contributed by atoms with Crippen molar-refractivity contribution in [1.82, 2.24) is 15.5 Å². The molecule has 1 aromatic rings. The molecule has 2 rings (SSSR count). The van der Waals surface area contributed by atoms with Gasteiger partial charge >= 0.3 is 6.18 Å². The van der Waals surface area contributed by atoms with Gasteiger partial charge in [-0.1, -0.05) is 6.07 Å². The molecule has 0 bridgehead atoms. The number of amides is 1. The van der Waals surface area contributed by atoms with Crippen LogP contribution >= 0.6 is 12.4 Å². The maximum atomic E-state index is 13.8. The molecule has 1 aromatic carbocycles. The maximum absolute atomic E-state index is 13.8. The highest BCUT2D eigenvalue weighted by atomic mass is 35.5. The van der Waals surface area contributed by atoms with Crippen LogP contribution in [-0.4, -0.2) is 50.1 Å². The van der Waals surface area contributed by atoms with Crippen LogP contribution in [0.2, 0.25) is 0 Å². The third-order valence-electron chi connectivity index (χ3n) is 3.70. The summed E-state index contributed by atoms with van der Waals surface area (Å²) in [6.45, 7) is 4.77. The summed E-state index contributed by atoms with van der Waals surface area (Å²) in [6, 6.07) is 2.70. The van der Waals surface area contributed by atoms with Crippen LogP contribution in [0.1, 0.15) is 22.3 Å². The van der Waals surface area contributed by atoms with Gasteiger partial charge in [0.2, 0.25) is 0 Å². The Morgan fingerprint density at radius 1 is 1.25 bits per heavy atom. The summed E-state index contributed by atoms with van der Waals surface area (Å²) in [7, 11) is 0. The lowest BCUT2D eigenvalue weighted by Crippen LogP contribution is -2.44. The van der Waals surface area contributed by atoms with Crippen LogP contribution in [0.25, 0.3) is 0 Å². The summed E-state index contributed by atoms with van der Waals surface area (Å²) in [5.41, 5.74) is -2.01. The molecule has 1 saturated heterocycles. The average Bonchev–Trinajstić information content (AvgIpc) is 2.51. The Labute approximate surface area is 144 Å². The van der Waals surface area contributed by atoms with Gasteiger partial charge in [-0.25, -0.2) is 4.39 Å². The number of nitrogens with one attached hydrogen (secondary N) is 2. The van der Waals surface area contributed by atoms with Crippen LogP contribution in [0, 0.1) is 5.82 Å². The molecule has 0 unspecified atom stereocenters. The molecule has 1 heterocycles. The van der Waals surface area contributed by atoms with Gasteiger partial charge in [-0.05, 0) is 25.1 Å². The second-order valence-electron chi connectivity index (χ2n) is 5.37. The Kier molecular flexibility index (Phi) is 7.92. The molecule has 2 N–H and O–H groups in total. The van der Waals surface area contributed by atoms with Gasteiger partial charge in [-0.2, -0.15) is 13.2 Å². The zero-order valence-electron chi connectivity index (χ0n) is 13.0. The molecule has 0 spiro atoms. The first kappa shape index (κ1) is 20.7. The predicted molar refractivity (Wildman–Crippen MR) is 84.9 cm³/mol. The van der Waals surface area contributed by atoms with Crippen molar-refractivity contribution in [3.05, 3.63) is 35.1 Å². The van der Waals surface area contributed by atoms with E-state index in [1.165, 1.54) is 0 Å². The fourth-order valence-corrected chi connectivity index (χ4v) is 2.46. The predicted octanol–water partition coefficient (Wildman–Crippen LogP) is 2.29. The van der Waals surface area contributed by atoms with E-state index in [0.29, 0.717) is 19.0 Å². The fraction of sp³-hybridized carbons (Fsp3) is 0.533. The van der Waals surface area contributed by atoms with Crippen molar-refractivity contribution in [2.45, 2.75) is 12.6 Å². The standard InChI is InChI=1S/C15H19F4N3O.ClH/c16-13-11(3-1-4-12(13)15(17,18)19)14(23)21-5-2-8-22-9-6-20-7-10-22;/h1,3-4,20H,2,5-10H2,(H,21,23);1H.